The second-order valence-corrected chi connectivity index (χ2v) is 4.70. The van der Waals surface area contributed by atoms with Crippen molar-refractivity contribution in [2.24, 2.45) is 7.05 Å². The zero-order valence-electron chi connectivity index (χ0n) is 11.4. The largest absolute Gasteiger partial charge is 0.379 e. The number of aromatic nitrogens is 2. The van der Waals surface area contributed by atoms with Crippen molar-refractivity contribution in [1.29, 1.82) is 0 Å². The van der Waals surface area contributed by atoms with Crippen LogP contribution in [0.15, 0.2) is 30.3 Å². The SMILES string of the molecule is CCCc1ccc(NCc2cc(C)nn2C)cc1. The molecule has 96 valence electrons. The molecule has 0 bridgehead atoms. The van der Waals surface area contributed by atoms with Gasteiger partial charge in [-0.25, -0.2) is 0 Å². The van der Waals surface area contributed by atoms with Crippen molar-refractivity contribution < 1.29 is 0 Å². The molecule has 0 amide bonds. The Hall–Kier alpha value is -1.77. The summed E-state index contributed by atoms with van der Waals surface area (Å²) in [6.07, 6.45) is 2.35. The third kappa shape index (κ3) is 3.13. The Morgan fingerprint density at radius 3 is 2.50 bits per heavy atom. The third-order valence-corrected chi connectivity index (χ3v) is 3.07. The average molecular weight is 243 g/mol. The van der Waals surface area contributed by atoms with Crippen LogP contribution in [0.4, 0.5) is 5.69 Å². The van der Waals surface area contributed by atoms with E-state index in [1.165, 1.54) is 17.7 Å². The van der Waals surface area contributed by atoms with E-state index in [1.807, 2.05) is 18.7 Å². The number of benzene rings is 1. The number of rotatable bonds is 5. The zero-order valence-corrected chi connectivity index (χ0v) is 11.4. The summed E-state index contributed by atoms with van der Waals surface area (Å²) in [6.45, 7) is 5.03. The van der Waals surface area contributed by atoms with Crippen molar-refractivity contribution in [2.45, 2.75) is 33.2 Å². The van der Waals surface area contributed by atoms with Gasteiger partial charge in [-0.3, -0.25) is 4.68 Å². The number of anilines is 1. The van der Waals surface area contributed by atoms with Gasteiger partial charge >= 0.3 is 0 Å². The molecule has 0 aliphatic heterocycles. The summed E-state index contributed by atoms with van der Waals surface area (Å²) in [4.78, 5) is 0. The number of hydrogen-bond acceptors (Lipinski definition) is 2. The topological polar surface area (TPSA) is 29.9 Å². The number of nitrogens with one attached hydrogen (secondary N) is 1. The fraction of sp³-hybridized carbons (Fsp3) is 0.400. The van der Waals surface area contributed by atoms with Gasteiger partial charge in [0.05, 0.1) is 17.9 Å². The molecule has 0 aliphatic carbocycles. The fourth-order valence-corrected chi connectivity index (χ4v) is 2.10. The lowest BCUT2D eigenvalue weighted by Gasteiger charge is -2.07. The fourth-order valence-electron chi connectivity index (χ4n) is 2.10. The molecule has 2 aromatic rings. The highest BCUT2D eigenvalue weighted by Crippen LogP contribution is 2.12. The van der Waals surface area contributed by atoms with Crippen molar-refractivity contribution in [3.05, 3.63) is 47.3 Å². The van der Waals surface area contributed by atoms with Crippen molar-refractivity contribution in [3.8, 4) is 0 Å². The van der Waals surface area contributed by atoms with Crippen LogP contribution in [0.5, 0.6) is 0 Å². The molecular weight excluding hydrogens is 222 g/mol. The Bertz CT molecular complexity index is 497. The van der Waals surface area contributed by atoms with Crippen LogP contribution < -0.4 is 5.32 Å². The van der Waals surface area contributed by atoms with Crippen molar-refractivity contribution in [1.82, 2.24) is 9.78 Å². The smallest absolute Gasteiger partial charge is 0.0597 e. The van der Waals surface area contributed by atoms with Gasteiger partial charge in [-0.15, -0.1) is 0 Å². The van der Waals surface area contributed by atoms with E-state index in [9.17, 15) is 0 Å². The monoisotopic (exact) mass is 243 g/mol. The third-order valence-electron chi connectivity index (χ3n) is 3.07. The summed E-state index contributed by atoms with van der Waals surface area (Å²) >= 11 is 0. The van der Waals surface area contributed by atoms with Crippen LogP contribution in [0.2, 0.25) is 0 Å². The minimum absolute atomic E-state index is 0.810. The quantitative estimate of drug-likeness (QED) is 0.873. The Morgan fingerprint density at radius 1 is 1.22 bits per heavy atom. The average Bonchev–Trinajstić information content (AvgIpc) is 2.67. The van der Waals surface area contributed by atoms with Gasteiger partial charge in [-0.1, -0.05) is 25.5 Å². The number of hydrogen-bond donors (Lipinski definition) is 1. The van der Waals surface area contributed by atoms with E-state index in [-0.39, 0.29) is 0 Å². The van der Waals surface area contributed by atoms with Gasteiger partial charge in [0.2, 0.25) is 0 Å². The standard InChI is InChI=1S/C15H21N3/c1-4-5-13-6-8-14(9-7-13)16-11-15-10-12(2)17-18(15)3/h6-10,16H,4-5,11H2,1-3H3. The normalized spacial score (nSPS) is 10.6. The molecule has 1 heterocycles. The van der Waals surface area contributed by atoms with E-state index in [0.717, 1.165) is 24.3 Å². The minimum Gasteiger partial charge on any atom is -0.379 e. The second kappa shape index (κ2) is 5.71. The number of aryl methyl sites for hydroxylation is 3. The molecule has 3 heteroatoms. The maximum Gasteiger partial charge on any atom is 0.0597 e. The molecule has 0 unspecified atom stereocenters. The predicted molar refractivity (Wildman–Crippen MR) is 75.7 cm³/mol. The van der Waals surface area contributed by atoms with Crippen molar-refractivity contribution >= 4 is 5.69 Å². The van der Waals surface area contributed by atoms with Gasteiger partial charge in [0.25, 0.3) is 0 Å². The molecule has 1 aromatic heterocycles. The molecule has 0 radical (unpaired) electrons. The first-order chi connectivity index (χ1) is 8.69. The van der Waals surface area contributed by atoms with Crippen molar-refractivity contribution in [2.75, 3.05) is 5.32 Å². The minimum atomic E-state index is 0.810. The first kappa shape index (κ1) is 12.7. The summed E-state index contributed by atoms with van der Waals surface area (Å²) in [7, 11) is 1.98. The lowest BCUT2D eigenvalue weighted by Crippen LogP contribution is -2.05. The van der Waals surface area contributed by atoms with Crippen LogP contribution in [0.25, 0.3) is 0 Å². The van der Waals surface area contributed by atoms with Crippen molar-refractivity contribution in [3.63, 3.8) is 0 Å². The predicted octanol–water partition coefficient (Wildman–Crippen LogP) is 3.29. The van der Waals surface area contributed by atoms with Crippen LogP contribution in [-0.2, 0) is 20.0 Å². The molecule has 18 heavy (non-hydrogen) atoms. The molecule has 0 aliphatic rings. The van der Waals surface area contributed by atoms with E-state index in [2.05, 4.69) is 47.7 Å². The second-order valence-electron chi connectivity index (χ2n) is 4.70. The van der Waals surface area contributed by atoms with E-state index in [4.69, 9.17) is 0 Å². The van der Waals surface area contributed by atoms with Gasteiger partial charge in [0, 0.05) is 12.7 Å². The van der Waals surface area contributed by atoms with Crippen LogP contribution in [0.1, 0.15) is 30.3 Å². The lowest BCUT2D eigenvalue weighted by molar-refractivity contribution is 0.713. The van der Waals surface area contributed by atoms with Crippen LogP contribution in [0, 0.1) is 6.92 Å². The zero-order chi connectivity index (χ0) is 13.0. The summed E-state index contributed by atoms with van der Waals surface area (Å²) in [6, 6.07) is 10.8. The maximum atomic E-state index is 4.34. The Balaban J connectivity index is 1.95. The first-order valence-electron chi connectivity index (χ1n) is 6.51. The Morgan fingerprint density at radius 2 is 1.94 bits per heavy atom. The van der Waals surface area contributed by atoms with E-state index >= 15 is 0 Å². The van der Waals surface area contributed by atoms with Crippen LogP contribution in [-0.4, -0.2) is 9.78 Å². The summed E-state index contributed by atoms with van der Waals surface area (Å²) < 4.78 is 1.92. The molecule has 0 atom stereocenters. The maximum absolute atomic E-state index is 4.34. The molecule has 0 saturated heterocycles. The van der Waals surface area contributed by atoms with E-state index < -0.39 is 0 Å². The molecule has 0 spiro atoms. The highest BCUT2D eigenvalue weighted by atomic mass is 15.3. The van der Waals surface area contributed by atoms with Gasteiger partial charge in [-0.05, 0) is 37.1 Å². The summed E-state index contributed by atoms with van der Waals surface area (Å²) in [5, 5.41) is 7.76. The van der Waals surface area contributed by atoms with Crippen LogP contribution >= 0.6 is 0 Å². The molecule has 1 aromatic carbocycles. The number of nitrogens with zero attached hydrogens (tertiary/aromatic N) is 2. The van der Waals surface area contributed by atoms with Gasteiger partial charge in [-0.2, -0.15) is 5.10 Å². The summed E-state index contributed by atoms with van der Waals surface area (Å²) in [5.41, 5.74) is 4.82. The molecule has 1 N–H and O–H groups in total. The lowest BCUT2D eigenvalue weighted by atomic mass is 10.1. The Labute approximate surface area is 109 Å². The highest BCUT2D eigenvalue weighted by Gasteiger charge is 2.01. The Kier molecular flexibility index (Phi) is 4.03. The highest BCUT2D eigenvalue weighted by molar-refractivity contribution is 5.44. The van der Waals surface area contributed by atoms with Gasteiger partial charge < -0.3 is 5.32 Å². The molecule has 2 rings (SSSR count). The molecule has 0 saturated carbocycles. The molecule has 0 fully saturated rings. The van der Waals surface area contributed by atoms with Gasteiger partial charge in [0.1, 0.15) is 0 Å². The first-order valence-corrected chi connectivity index (χ1v) is 6.51. The molecule has 3 nitrogen and oxygen atoms in total. The van der Waals surface area contributed by atoms with Gasteiger partial charge in [0.15, 0.2) is 0 Å². The van der Waals surface area contributed by atoms with E-state index in [1.54, 1.807) is 0 Å². The van der Waals surface area contributed by atoms with Crippen LogP contribution in [0.3, 0.4) is 0 Å². The molecular formula is C15H21N3. The van der Waals surface area contributed by atoms with E-state index in [0.29, 0.717) is 0 Å². The summed E-state index contributed by atoms with van der Waals surface area (Å²) in [5.74, 6) is 0.